The van der Waals surface area contributed by atoms with Crippen molar-refractivity contribution in [3.63, 3.8) is 0 Å². The summed E-state index contributed by atoms with van der Waals surface area (Å²) in [5.41, 5.74) is 0. The molecule has 8 nitrogen and oxygen atoms in total. The van der Waals surface area contributed by atoms with Gasteiger partial charge in [-0.3, -0.25) is 9.59 Å². The summed E-state index contributed by atoms with van der Waals surface area (Å²) in [6.07, 6.45) is 57.4. The normalized spacial score (nSPS) is 13.8. The third kappa shape index (κ3) is 41.4. The Morgan fingerprint density at radius 1 is 0.525 bits per heavy atom. The van der Waals surface area contributed by atoms with Crippen molar-refractivity contribution >= 4 is 17.9 Å². The van der Waals surface area contributed by atoms with Crippen molar-refractivity contribution in [1.82, 2.24) is 0 Å². The number of carbonyl (C=O) groups is 3. The molecule has 61 heavy (non-hydrogen) atoms. The van der Waals surface area contributed by atoms with Gasteiger partial charge in [-0.2, -0.15) is 0 Å². The Labute approximate surface area is 373 Å². The number of hydrogen-bond donors (Lipinski definition) is 1. The van der Waals surface area contributed by atoms with E-state index in [9.17, 15) is 19.5 Å². The fourth-order valence-electron chi connectivity index (χ4n) is 6.41. The number of allylic oxidation sites excluding steroid dienone is 16. The lowest BCUT2D eigenvalue weighted by molar-refractivity contribution is -0.887. The van der Waals surface area contributed by atoms with Gasteiger partial charge in [-0.1, -0.05) is 175 Å². The van der Waals surface area contributed by atoms with Crippen molar-refractivity contribution in [3.8, 4) is 0 Å². The number of hydrogen-bond acceptors (Lipinski definition) is 6. The molecule has 2 atom stereocenters. The molecule has 0 heterocycles. The van der Waals surface area contributed by atoms with Gasteiger partial charge >= 0.3 is 17.9 Å². The molecule has 1 N–H and O–H groups in total. The lowest BCUT2D eigenvalue weighted by Gasteiger charge is -2.31. The predicted molar refractivity (Wildman–Crippen MR) is 256 cm³/mol. The summed E-state index contributed by atoms with van der Waals surface area (Å²) in [7, 11) is 5.50. The first-order chi connectivity index (χ1) is 29.6. The first kappa shape index (κ1) is 57.2. The van der Waals surface area contributed by atoms with Crippen molar-refractivity contribution < 1.29 is 38.2 Å². The summed E-state index contributed by atoms with van der Waals surface area (Å²) in [4.78, 5) is 37.1. The molecule has 0 saturated carbocycles. The smallest absolute Gasteiger partial charge is 0.362 e. The zero-order valence-corrected chi connectivity index (χ0v) is 39.3. The molecule has 0 aromatic heterocycles. The van der Waals surface area contributed by atoms with Crippen LogP contribution in [0, 0.1) is 0 Å². The molecule has 0 rings (SSSR count). The largest absolute Gasteiger partial charge is 0.477 e. The lowest BCUT2D eigenvalue weighted by atomic mass is 10.1. The molecular formula is C53H88NO7+. The molecule has 2 unspecified atom stereocenters. The van der Waals surface area contributed by atoms with E-state index in [1.165, 1.54) is 64.2 Å². The van der Waals surface area contributed by atoms with E-state index >= 15 is 0 Å². The Morgan fingerprint density at radius 2 is 0.984 bits per heavy atom. The number of carboxylic acids is 1. The zero-order chi connectivity index (χ0) is 44.9. The van der Waals surface area contributed by atoms with Crippen molar-refractivity contribution in [2.75, 3.05) is 41.0 Å². The molecule has 0 saturated heterocycles. The second-order valence-corrected chi connectivity index (χ2v) is 16.7. The van der Waals surface area contributed by atoms with Crippen LogP contribution in [0.4, 0.5) is 0 Å². The van der Waals surface area contributed by atoms with Gasteiger partial charge < -0.3 is 23.8 Å². The van der Waals surface area contributed by atoms with Crippen LogP contribution in [0.5, 0.6) is 0 Å². The highest BCUT2D eigenvalue weighted by atomic mass is 16.6. The minimum Gasteiger partial charge on any atom is -0.477 e. The number of likely N-dealkylation sites (N-methyl/N-ethyl adjacent to an activating group) is 1. The van der Waals surface area contributed by atoms with Gasteiger partial charge in [-0.05, 0) is 70.6 Å². The van der Waals surface area contributed by atoms with E-state index in [4.69, 9.17) is 14.2 Å². The first-order valence-corrected chi connectivity index (χ1v) is 23.8. The highest BCUT2D eigenvalue weighted by molar-refractivity contribution is 5.72. The van der Waals surface area contributed by atoms with Gasteiger partial charge in [0, 0.05) is 19.3 Å². The number of unbranched alkanes of at least 4 members (excludes halogenated alkanes) is 15. The number of ether oxygens (including phenoxy) is 3. The number of carbonyl (C=O) groups excluding carboxylic acids is 2. The van der Waals surface area contributed by atoms with Gasteiger partial charge in [-0.25, -0.2) is 4.79 Å². The minimum atomic E-state index is -0.886. The van der Waals surface area contributed by atoms with Gasteiger partial charge in [0.2, 0.25) is 0 Å². The number of esters is 2. The molecule has 0 aliphatic carbocycles. The summed E-state index contributed by atoms with van der Waals surface area (Å²) >= 11 is 0. The molecule has 346 valence electrons. The second kappa shape index (κ2) is 42.9. The van der Waals surface area contributed by atoms with Gasteiger partial charge in [0.1, 0.15) is 6.61 Å². The fourth-order valence-corrected chi connectivity index (χ4v) is 6.41. The maximum Gasteiger partial charge on any atom is 0.362 e. The Hall–Kier alpha value is -3.75. The van der Waals surface area contributed by atoms with E-state index in [-0.39, 0.29) is 36.2 Å². The van der Waals surface area contributed by atoms with Crippen LogP contribution in [0.2, 0.25) is 0 Å². The van der Waals surface area contributed by atoms with Crippen molar-refractivity contribution in [3.05, 3.63) is 97.2 Å². The molecule has 0 aromatic rings. The molecule has 8 heteroatoms. The Balaban J connectivity index is 4.36. The molecular weight excluding hydrogens is 763 g/mol. The molecule has 0 fully saturated rings. The van der Waals surface area contributed by atoms with Gasteiger partial charge in [0.25, 0.3) is 0 Å². The number of carboxylic acid groups (broad SMARTS) is 1. The molecule has 0 aliphatic heterocycles. The first-order valence-electron chi connectivity index (χ1n) is 23.8. The topological polar surface area (TPSA) is 99.1 Å². The van der Waals surface area contributed by atoms with Crippen LogP contribution in [-0.2, 0) is 28.6 Å². The van der Waals surface area contributed by atoms with Crippen LogP contribution >= 0.6 is 0 Å². The molecule has 0 amide bonds. The van der Waals surface area contributed by atoms with Crippen LogP contribution in [0.3, 0.4) is 0 Å². The van der Waals surface area contributed by atoms with Gasteiger partial charge in [0.15, 0.2) is 12.1 Å². The summed E-state index contributed by atoms with van der Waals surface area (Å²) < 4.78 is 17.3. The van der Waals surface area contributed by atoms with Crippen LogP contribution < -0.4 is 0 Å². The zero-order valence-electron chi connectivity index (χ0n) is 39.3. The predicted octanol–water partition coefficient (Wildman–Crippen LogP) is 13.5. The Bertz CT molecular complexity index is 1310. The summed E-state index contributed by atoms with van der Waals surface area (Å²) in [6.45, 7) is 4.50. The maximum absolute atomic E-state index is 12.8. The fraction of sp³-hybridized carbons (Fsp3) is 0.642. The number of rotatable bonds is 41. The summed E-state index contributed by atoms with van der Waals surface area (Å²) in [5.74, 6) is -1.54. The van der Waals surface area contributed by atoms with Crippen molar-refractivity contribution in [1.29, 1.82) is 0 Å². The SMILES string of the molecule is CC/C=C/C=C/C=C/C=C/C=C/CCCCCC(=O)OCC(COCCC(C(=O)O)[N+](C)(C)C)OC(=O)CCCCCCCCCCC/C=C/C/C=C/C/C=C/CCCCC. The average Bonchev–Trinajstić information content (AvgIpc) is 3.22. The number of nitrogens with zero attached hydrogens (tertiary/aromatic N) is 1. The van der Waals surface area contributed by atoms with E-state index in [0.29, 0.717) is 19.3 Å². The molecule has 0 radical (unpaired) electrons. The van der Waals surface area contributed by atoms with Crippen molar-refractivity contribution in [2.24, 2.45) is 0 Å². The monoisotopic (exact) mass is 851 g/mol. The molecule has 0 bridgehead atoms. The van der Waals surface area contributed by atoms with E-state index in [2.05, 4.69) is 62.5 Å². The maximum atomic E-state index is 12.8. The second-order valence-electron chi connectivity index (χ2n) is 16.7. The van der Waals surface area contributed by atoms with E-state index in [1.807, 2.05) is 69.8 Å². The number of aliphatic carboxylic acids is 1. The average molecular weight is 851 g/mol. The quantitative estimate of drug-likeness (QED) is 0.0215. The van der Waals surface area contributed by atoms with E-state index in [1.54, 1.807) is 0 Å². The third-order valence-electron chi connectivity index (χ3n) is 10.1. The van der Waals surface area contributed by atoms with Crippen LogP contribution in [0.25, 0.3) is 0 Å². The van der Waals surface area contributed by atoms with Gasteiger partial charge in [0.05, 0.1) is 34.4 Å². The third-order valence-corrected chi connectivity index (χ3v) is 10.1. The molecule has 0 aromatic carbocycles. The summed E-state index contributed by atoms with van der Waals surface area (Å²) in [6, 6.07) is -0.628. The van der Waals surface area contributed by atoms with Crippen LogP contribution in [-0.4, -0.2) is 80.6 Å². The lowest BCUT2D eigenvalue weighted by Crippen LogP contribution is -2.50. The van der Waals surface area contributed by atoms with Crippen LogP contribution in [0.1, 0.15) is 168 Å². The standard InChI is InChI=1S/C53H87NO7/c1-6-8-10-12-14-16-18-20-22-23-24-25-26-27-28-30-32-34-36-38-40-42-44-52(56)61-49(47-59-46-45-50(53(57)58)54(3,4)5)48-60-51(55)43-41-39-37-35-33-31-29-21-19-17-15-13-11-9-7-2/h9,11,13-17,19-22,24-25,29,31,33,49-50H,6-8,10,12,18,23,26-28,30,32,34-48H2,1-5H3/p+1/b11-9+,15-13+,16-14+,19-17+,22-20+,25-24+,29-21+,33-31+. The molecule has 0 aliphatic rings. The van der Waals surface area contributed by atoms with Crippen LogP contribution in [0.15, 0.2) is 97.2 Å². The van der Waals surface area contributed by atoms with Gasteiger partial charge in [-0.15, -0.1) is 0 Å². The minimum absolute atomic E-state index is 0.0388. The Morgan fingerprint density at radius 3 is 1.52 bits per heavy atom. The highest BCUT2D eigenvalue weighted by Gasteiger charge is 2.31. The highest BCUT2D eigenvalue weighted by Crippen LogP contribution is 2.14. The molecule has 0 spiro atoms. The summed E-state index contributed by atoms with van der Waals surface area (Å²) in [5, 5.41) is 9.64. The van der Waals surface area contributed by atoms with Crippen molar-refractivity contribution in [2.45, 2.75) is 180 Å². The number of quaternary nitrogens is 1. The Kier molecular flexibility index (Phi) is 40.3. The van der Waals surface area contributed by atoms with E-state index < -0.39 is 18.1 Å². The van der Waals surface area contributed by atoms with E-state index in [0.717, 1.165) is 70.6 Å².